The number of hydrogen-bond donors (Lipinski definition) is 1. The number of alkyl halides is 2. The van der Waals surface area contributed by atoms with Gasteiger partial charge in [0, 0.05) is 77.2 Å². The van der Waals surface area contributed by atoms with Crippen LogP contribution in [-0.4, -0.2) is 175 Å². The third-order valence-corrected chi connectivity index (χ3v) is 14.7. The fourth-order valence-electron chi connectivity index (χ4n) is 7.50. The van der Waals surface area contributed by atoms with Crippen molar-refractivity contribution < 1.29 is 61.3 Å². The third kappa shape index (κ3) is 33.1. The molecule has 0 saturated carbocycles. The Morgan fingerprint density at radius 3 is 1.38 bits per heavy atom. The molecule has 5 heterocycles. The van der Waals surface area contributed by atoms with Gasteiger partial charge in [-0.15, -0.1) is 0 Å². The second kappa shape index (κ2) is 33.2. The van der Waals surface area contributed by atoms with E-state index < -0.39 is 39.0 Å². The van der Waals surface area contributed by atoms with E-state index in [4.69, 9.17) is 32.5 Å². The molecule has 3 saturated heterocycles. The van der Waals surface area contributed by atoms with E-state index >= 15 is 0 Å². The number of Topliss-reactive ketones (excluding diaryl/α,β-unsaturated/α-hetero) is 2. The van der Waals surface area contributed by atoms with E-state index in [-0.39, 0.29) is 69.8 Å². The molecule has 5 rings (SSSR count). The van der Waals surface area contributed by atoms with Crippen LogP contribution in [0.15, 0.2) is 28.0 Å². The number of carbonyl (C=O) groups excluding carboxylic acids is 6. The Balaban J connectivity index is 0.000000967. The molecule has 18 nitrogen and oxygen atoms in total. The summed E-state index contributed by atoms with van der Waals surface area (Å²) in [7, 11) is 1.21. The maximum absolute atomic E-state index is 12.1. The summed E-state index contributed by atoms with van der Waals surface area (Å²) in [6.45, 7) is 47.1. The van der Waals surface area contributed by atoms with Gasteiger partial charge in [0.25, 0.3) is 0 Å². The molecular formula is C54H99BBr2N5O13SSi2. The quantitative estimate of drug-likeness (QED) is 0.121. The van der Waals surface area contributed by atoms with Crippen molar-refractivity contribution in [3.8, 4) is 0 Å². The molecule has 0 bridgehead atoms. The molecule has 4 amide bonds. The normalized spacial score (nSPS) is 22.9. The second-order valence-corrected chi connectivity index (χ2v) is 36.9. The van der Waals surface area contributed by atoms with Gasteiger partial charge in [-0.2, -0.15) is 0 Å². The number of halogens is 2. The molecule has 3 fully saturated rings. The summed E-state index contributed by atoms with van der Waals surface area (Å²) < 4.78 is 41.0. The number of ether oxygens (including phenoxy) is 5. The zero-order valence-corrected chi connectivity index (χ0v) is 57.5. The number of ketones is 2. The van der Waals surface area contributed by atoms with Crippen molar-refractivity contribution in [2.45, 2.75) is 245 Å². The first-order chi connectivity index (χ1) is 35.3. The molecule has 78 heavy (non-hydrogen) atoms. The van der Waals surface area contributed by atoms with Crippen molar-refractivity contribution in [1.29, 1.82) is 0 Å². The van der Waals surface area contributed by atoms with E-state index in [9.17, 15) is 28.8 Å². The summed E-state index contributed by atoms with van der Waals surface area (Å²) in [4.78, 5) is 76.8. The zero-order valence-electron chi connectivity index (χ0n) is 51.4. The van der Waals surface area contributed by atoms with Gasteiger partial charge in [0.05, 0.1) is 33.3 Å². The molecule has 1 radical (unpaired) electrons. The number of hydrogen-bond acceptors (Lipinski definition) is 15. The fraction of sp³-hybridized carbons (Fsp3) is 0.815. The number of carbonyl (C=O) groups is 6. The molecule has 0 aromatic carbocycles. The van der Waals surface area contributed by atoms with E-state index in [2.05, 4.69) is 95.9 Å². The molecule has 0 spiro atoms. The van der Waals surface area contributed by atoms with Gasteiger partial charge in [-0.05, 0) is 175 Å². The first-order valence-electron chi connectivity index (χ1n) is 27.0. The topological polar surface area (TPSA) is 192 Å². The minimum atomic E-state index is -1.56. The van der Waals surface area contributed by atoms with Gasteiger partial charge in [0.1, 0.15) is 34.0 Å². The van der Waals surface area contributed by atoms with Gasteiger partial charge in [-0.3, -0.25) is 9.59 Å². The van der Waals surface area contributed by atoms with Crippen molar-refractivity contribution >= 4 is 105 Å². The van der Waals surface area contributed by atoms with Gasteiger partial charge in [-0.1, -0.05) is 31.9 Å². The van der Waals surface area contributed by atoms with Crippen LogP contribution >= 0.6 is 44.7 Å². The fourth-order valence-corrected chi connectivity index (χ4v) is 10.4. The van der Waals surface area contributed by atoms with Crippen LogP contribution in [0.5, 0.6) is 0 Å². The summed E-state index contributed by atoms with van der Waals surface area (Å²) in [6.07, 6.45) is 7.71. The minimum absolute atomic E-state index is 0.0231. The molecule has 24 heteroatoms. The average Bonchev–Trinajstić information content (AvgIpc) is 3.82. The van der Waals surface area contributed by atoms with Gasteiger partial charge in [0.15, 0.2) is 0 Å². The average molecular weight is 1290 g/mol. The number of piperidine rings is 2. The molecule has 0 aromatic heterocycles. The Hall–Kier alpha value is -2.93. The first-order valence-corrected chi connectivity index (χ1v) is 36.1. The number of amides is 4. The van der Waals surface area contributed by atoms with E-state index in [0.29, 0.717) is 39.0 Å². The Kier molecular flexibility index (Phi) is 32.0. The standard InChI is InChI=1S/2C14H27NO3Si.2C11H18BrNO3.C4H8O.BHNS/c2*1-11-10-12(18-19(5,6)7)8-9-15(11)13(16)17-14(2,3)4;1-7-5-9(14)8(12)6-13(7)10(15)16-11(2,3)4;1-7-9(12)8(14)5-6-13(7)10(15)16-11(2,3)4;1-2-4-5-3-1;1-2-3/h10-11H,8-9H2,1-7H3;8,11H,9-10H2,1-7H3;7-8H,5-6H2,1-4H3;7,9H,5-6H2,1-4H3;1-4H2;3H. The predicted octanol–water partition coefficient (Wildman–Crippen LogP) is 13.2. The van der Waals surface area contributed by atoms with E-state index in [1.807, 2.05) is 123 Å². The monoisotopic (exact) mass is 1280 g/mol. The van der Waals surface area contributed by atoms with Crippen molar-refractivity contribution in [1.82, 2.24) is 19.6 Å². The summed E-state index contributed by atoms with van der Waals surface area (Å²) >= 11 is 9.77. The number of rotatable bonds is 4. The zero-order chi connectivity index (χ0) is 60.9. The first kappa shape index (κ1) is 75.1. The molecule has 449 valence electrons. The van der Waals surface area contributed by atoms with Crippen LogP contribution in [-0.2, 0) is 42.1 Å². The van der Waals surface area contributed by atoms with Gasteiger partial charge in [0.2, 0.25) is 16.6 Å². The SMILES string of the molecule is C1CCOC1.CC1C(Br)C(=O)CCN1C(=O)OC(C)(C)C.CC1C=C(O[Si](C)(C)C)CCN1C(=O)OC(C)(C)C.CC1CC(=O)C(Br)CN1C(=O)OC(C)(C)C.CC1CC(O[Si](C)(C)C)=CCN1C(=O)OC(C)(C)C.[B]=NS. The van der Waals surface area contributed by atoms with Crippen LogP contribution < -0.4 is 0 Å². The van der Waals surface area contributed by atoms with Crippen LogP contribution in [0.1, 0.15) is 149 Å². The summed E-state index contributed by atoms with van der Waals surface area (Å²) in [5.74, 6) is 2.33. The van der Waals surface area contributed by atoms with Crippen LogP contribution in [0.2, 0.25) is 39.3 Å². The van der Waals surface area contributed by atoms with Crippen molar-refractivity contribution in [2.24, 2.45) is 4.30 Å². The van der Waals surface area contributed by atoms with Crippen LogP contribution in [0.25, 0.3) is 0 Å². The predicted molar refractivity (Wildman–Crippen MR) is 326 cm³/mol. The Morgan fingerprint density at radius 2 is 1.00 bits per heavy atom. The maximum atomic E-state index is 12.1. The second-order valence-electron chi connectivity index (χ2n) is 25.7. The van der Waals surface area contributed by atoms with Crippen LogP contribution in [0.4, 0.5) is 19.2 Å². The van der Waals surface area contributed by atoms with E-state index in [1.54, 1.807) is 19.6 Å². The summed E-state index contributed by atoms with van der Waals surface area (Å²) in [5.41, 5.74) is -1.90. The summed E-state index contributed by atoms with van der Waals surface area (Å²) in [5, 5.41) is 0. The molecule has 5 aliphatic heterocycles. The van der Waals surface area contributed by atoms with Gasteiger partial charge >= 0.3 is 49.1 Å². The number of nitrogens with zero attached hydrogens (tertiary/aromatic N) is 5. The molecule has 6 unspecified atom stereocenters. The van der Waals surface area contributed by atoms with E-state index in [1.165, 1.54) is 12.8 Å². The Labute approximate surface area is 495 Å². The molecule has 5 aliphatic rings. The summed E-state index contributed by atoms with van der Waals surface area (Å²) in [6, 6.07) is -0.103. The van der Waals surface area contributed by atoms with Gasteiger partial charge in [-0.25, -0.2) is 19.2 Å². The molecule has 0 aromatic rings. The van der Waals surface area contributed by atoms with Crippen LogP contribution in [0, 0.1) is 0 Å². The van der Waals surface area contributed by atoms with E-state index in [0.717, 1.165) is 37.6 Å². The van der Waals surface area contributed by atoms with Crippen molar-refractivity contribution in [3.63, 3.8) is 0 Å². The van der Waals surface area contributed by atoms with Crippen LogP contribution in [0.3, 0.4) is 0 Å². The number of likely N-dealkylation sites (tertiary alicyclic amines) is 2. The molecule has 0 aliphatic carbocycles. The Bertz CT molecular complexity index is 1950. The van der Waals surface area contributed by atoms with Crippen molar-refractivity contribution in [2.75, 3.05) is 39.4 Å². The molecule has 6 atom stereocenters. The molecular weight excluding hydrogens is 1190 g/mol. The van der Waals surface area contributed by atoms with Gasteiger partial charge < -0.3 is 52.1 Å². The molecule has 0 N–H and O–H groups in total. The Morgan fingerprint density at radius 1 is 0.615 bits per heavy atom. The van der Waals surface area contributed by atoms with Crippen molar-refractivity contribution in [3.05, 3.63) is 23.7 Å². The third-order valence-electron chi connectivity index (χ3n) is 10.8. The number of thiol groups is 1.